The van der Waals surface area contributed by atoms with Crippen molar-refractivity contribution in [2.75, 3.05) is 19.8 Å². The van der Waals surface area contributed by atoms with Crippen LogP contribution in [0.25, 0.3) is 0 Å². The van der Waals surface area contributed by atoms with Crippen molar-refractivity contribution in [1.82, 2.24) is 0 Å². The van der Waals surface area contributed by atoms with Crippen LogP contribution in [0, 0.1) is 0 Å². The number of allylic oxidation sites excluding steroid dienone is 3. The third kappa shape index (κ3) is 7.57. The summed E-state index contributed by atoms with van der Waals surface area (Å²) < 4.78 is 21.6. The third-order valence-corrected chi connectivity index (χ3v) is 5.33. The smallest absolute Gasteiger partial charge is 0.187 e. The Morgan fingerprint density at radius 3 is 2.19 bits per heavy atom. The summed E-state index contributed by atoms with van der Waals surface area (Å²) in [6.07, 6.45) is -6.36. The van der Waals surface area contributed by atoms with Crippen molar-refractivity contribution in [2.45, 2.75) is 88.9 Å². The maximum atomic E-state index is 10.2. The fourth-order valence-electron chi connectivity index (χ4n) is 3.28. The van der Waals surface area contributed by atoms with Gasteiger partial charge >= 0.3 is 0 Å². The Labute approximate surface area is 182 Å². The predicted molar refractivity (Wildman–Crippen MR) is 109 cm³/mol. The number of aliphatic hydroxyl groups excluding tert-OH is 6. The quantitative estimate of drug-likeness (QED) is 0.241. The number of aliphatic hydroxyl groups is 6. The molecule has 10 heteroatoms. The molecule has 0 aromatic heterocycles. The van der Waals surface area contributed by atoms with E-state index in [1.54, 1.807) is 0 Å². The van der Waals surface area contributed by atoms with E-state index in [0.29, 0.717) is 0 Å². The second-order valence-electron chi connectivity index (χ2n) is 8.30. The minimum Gasteiger partial charge on any atom is -0.388 e. The van der Waals surface area contributed by atoms with Crippen molar-refractivity contribution in [3.63, 3.8) is 0 Å². The monoisotopic (exact) mass is 448 g/mol. The summed E-state index contributed by atoms with van der Waals surface area (Å²) in [6, 6.07) is 0. The largest absolute Gasteiger partial charge is 0.388 e. The van der Waals surface area contributed by atoms with E-state index in [2.05, 4.69) is 6.08 Å². The van der Waals surface area contributed by atoms with Crippen LogP contribution >= 0.6 is 0 Å². The van der Waals surface area contributed by atoms with Gasteiger partial charge in [-0.25, -0.2) is 0 Å². The first-order valence-electron chi connectivity index (χ1n) is 10.5. The molecule has 0 amide bonds. The number of hydrogen-bond acceptors (Lipinski definition) is 10. The zero-order chi connectivity index (χ0) is 23.1. The topological polar surface area (TPSA) is 158 Å². The van der Waals surface area contributed by atoms with Gasteiger partial charge in [0.2, 0.25) is 0 Å². The first-order valence-corrected chi connectivity index (χ1v) is 10.5. The predicted octanol–water partition coefficient (Wildman–Crippen LogP) is -1.04. The van der Waals surface area contributed by atoms with Crippen LogP contribution in [0.3, 0.4) is 0 Å². The van der Waals surface area contributed by atoms with Gasteiger partial charge in [-0.15, -0.1) is 0 Å². The van der Waals surface area contributed by atoms with Gasteiger partial charge in [0.1, 0.15) is 42.7 Å². The minimum atomic E-state index is -1.53. The average Bonchev–Trinajstić information content (AvgIpc) is 2.72. The summed E-state index contributed by atoms with van der Waals surface area (Å²) in [4.78, 5) is 0. The highest BCUT2D eigenvalue weighted by atomic mass is 16.7. The van der Waals surface area contributed by atoms with E-state index >= 15 is 0 Å². The Hall–Kier alpha value is -0.920. The van der Waals surface area contributed by atoms with Crippen molar-refractivity contribution >= 4 is 0 Å². The van der Waals surface area contributed by atoms with Crippen molar-refractivity contribution in [1.29, 1.82) is 0 Å². The molecule has 0 aliphatic carbocycles. The van der Waals surface area contributed by atoms with E-state index in [4.69, 9.17) is 18.9 Å². The fraction of sp³-hybridized carbons (Fsp3) is 0.810. The number of ether oxygens (including phenoxy) is 4. The summed E-state index contributed by atoms with van der Waals surface area (Å²) in [5.74, 6) is 0. The summed E-state index contributed by atoms with van der Waals surface area (Å²) in [6.45, 7) is 5.65. The summed E-state index contributed by atoms with van der Waals surface area (Å²) >= 11 is 0. The van der Waals surface area contributed by atoms with E-state index in [1.165, 1.54) is 5.57 Å². The van der Waals surface area contributed by atoms with Gasteiger partial charge in [0.15, 0.2) is 12.6 Å². The van der Waals surface area contributed by atoms with Gasteiger partial charge in [-0.1, -0.05) is 23.3 Å². The third-order valence-electron chi connectivity index (χ3n) is 5.33. The van der Waals surface area contributed by atoms with Gasteiger partial charge in [-0.3, -0.25) is 0 Å². The normalized spacial score (nSPS) is 39.4. The molecule has 9 atom stereocenters. The maximum Gasteiger partial charge on any atom is 0.187 e. The van der Waals surface area contributed by atoms with Crippen LogP contribution in [0.4, 0.5) is 0 Å². The SMILES string of the molecule is CC(C)=CCC/C(C)=C/CO[C@@H]1O[C@H](CO[C@@H]2OC[C@@H](O)[C@H](O)[C@H]2O)[C@@H](O)[C@H](O)[C@H]1O. The average molecular weight is 449 g/mol. The van der Waals surface area contributed by atoms with Gasteiger partial charge in [-0.2, -0.15) is 0 Å². The molecule has 31 heavy (non-hydrogen) atoms. The molecule has 2 saturated heterocycles. The Balaban J connectivity index is 1.86. The number of rotatable bonds is 9. The highest BCUT2D eigenvalue weighted by Crippen LogP contribution is 2.24. The zero-order valence-corrected chi connectivity index (χ0v) is 18.2. The molecule has 0 saturated carbocycles. The van der Waals surface area contributed by atoms with Crippen LogP contribution < -0.4 is 0 Å². The molecule has 2 aliphatic heterocycles. The Kier molecular flexibility index (Phi) is 10.5. The van der Waals surface area contributed by atoms with E-state index in [1.807, 2.05) is 26.8 Å². The molecule has 2 heterocycles. The molecule has 0 aromatic carbocycles. The molecule has 2 fully saturated rings. The molecule has 0 aromatic rings. The van der Waals surface area contributed by atoms with Gasteiger partial charge in [0.25, 0.3) is 0 Å². The van der Waals surface area contributed by atoms with E-state index in [0.717, 1.165) is 18.4 Å². The van der Waals surface area contributed by atoms with E-state index < -0.39 is 55.3 Å². The molecule has 2 rings (SSSR count). The van der Waals surface area contributed by atoms with Crippen LogP contribution in [0.2, 0.25) is 0 Å². The van der Waals surface area contributed by atoms with Gasteiger partial charge in [-0.05, 0) is 33.6 Å². The lowest BCUT2D eigenvalue weighted by Crippen LogP contribution is -2.60. The Morgan fingerprint density at radius 1 is 0.839 bits per heavy atom. The zero-order valence-electron chi connectivity index (χ0n) is 18.2. The van der Waals surface area contributed by atoms with Crippen molar-refractivity contribution in [3.8, 4) is 0 Å². The molecule has 0 spiro atoms. The van der Waals surface area contributed by atoms with E-state index in [-0.39, 0.29) is 19.8 Å². The van der Waals surface area contributed by atoms with Crippen LogP contribution in [-0.2, 0) is 18.9 Å². The second kappa shape index (κ2) is 12.4. The first-order chi connectivity index (χ1) is 14.6. The van der Waals surface area contributed by atoms with Crippen molar-refractivity contribution in [2.24, 2.45) is 0 Å². The van der Waals surface area contributed by atoms with Crippen molar-refractivity contribution in [3.05, 3.63) is 23.3 Å². The minimum absolute atomic E-state index is 0.146. The lowest BCUT2D eigenvalue weighted by molar-refractivity contribution is -0.319. The molecule has 2 aliphatic rings. The van der Waals surface area contributed by atoms with Crippen molar-refractivity contribution < 1.29 is 49.6 Å². The first kappa shape index (κ1) is 26.3. The molecule has 0 bridgehead atoms. The van der Waals surface area contributed by atoms with Crippen LogP contribution in [0.5, 0.6) is 0 Å². The van der Waals surface area contributed by atoms with Crippen LogP contribution in [-0.4, -0.2) is 106 Å². The summed E-state index contributed by atoms with van der Waals surface area (Å²) in [5.41, 5.74) is 2.35. The van der Waals surface area contributed by atoms with Crippen LogP contribution in [0.1, 0.15) is 33.6 Å². The Morgan fingerprint density at radius 2 is 1.52 bits per heavy atom. The molecule has 0 unspecified atom stereocenters. The van der Waals surface area contributed by atoms with Gasteiger partial charge in [0, 0.05) is 0 Å². The Bertz CT molecular complexity index is 605. The summed E-state index contributed by atoms with van der Waals surface area (Å²) in [5, 5.41) is 59.6. The maximum absolute atomic E-state index is 10.2. The lowest BCUT2D eigenvalue weighted by atomic mass is 9.99. The standard InChI is InChI=1S/C21H36O10/c1-11(2)5-4-6-12(3)7-8-28-21-19(27)17(25)16(24)14(31-21)10-30-20-18(26)15(23)13(22)9-29-20/h5,7,13-27H,4,6,8-10H2,1-3H3/b12-7+/t13-,14-,15+,16-,17+,18-,19-,20+,21-/m1/s1. The molecule has 10 nitrogen and oxygen atoms in total. The fourth-order valence-corrected chi connectivity index (χ4v) is 3.28. The molecule has 180 valence electrons. The highest BCUT2D eigenvalue weighted by molar-refractivity contribution is 5.02. The molecular weight excluding hydrogens is 412 g/mol. The lowest BCUT2D eigenvalue weighted by Gasteiger charge is -2.41. The molecule has 6 N–H and O–H groups in total. The van der Waals surface area contributed by atoms with Crippen LogP contribution in [0.15, 0.2) is 23.3 Å². The highest BCUT2D eigenvalue weighted by Gasteiger charge is 2.45. The van der Waals surface area contributed by atoms with Gasteiger partial charge in [0.05, 0.1) is 19.8 Å². The van der Waals surface area contributed by atoms with E-state index in [9.17, 15) is 30.6 Å². The molecular formula is C21H36O10. The second-order valence-corrected chi connectivity index (χ2v) is 8.30. The molecule has 0 radical (unpaired) electrons. The van der Waals surface area contributed by atoms with Gasteiger partial charge < -0.3 is 49.6 Å². The number of hydrogen-bond donors (Lipinski definition) is 6. The summed E-state index contributed by atoms with van der Waals surface area (Å²) in [7, 11) is 0.